The van der Waals surface area contributed by atoms with Crippen LogP contribution in [0.5, 0.6) is 11.5 Å². The number of nitrogens with zero attached hydrogens (tertiary/aromatic N) is 2. The van der Waals surface area contributed by atoms with E-state index in [2.05, 4.69) is 9.71 Å². The Hall–Kier alpha value is -2.42. The average Bonchev–Trinajstić information content (AvgIpc) is 3.07. The molecule has 1 aromatic heterocycles. The van der Waals surface area contributed by atoms with Gasteiger partial charge in [0.1, 0.15) is 0 Å². The molecule has 0 spiro atoms. The topological polar surface area (TPSA) is 108 Å². The molecule has 2 heterocycles. The maximum Gasteiger partial charge on any atom is 0.281 e. The number of nitrogens with two attached hydrogens (primary N) is 1. The molecule has 3 rings (SSSR count). The fourth-order valence-corrected chi connectivity index (χ4v) is 2.93. The summed E-state index contributed by atoms with van der Waals surface area (Å²) >= 11 is 0. The molecule has 0 saturated carbocycles. The third-order valence-electron chi connectivity index (χ3n) is 3.04. The van der Waals surface area contributed by atoms with Crippen molar-refractivity contribution in [3.8, 4) is 11.5 Å². The summed E-state index contributed by atoms with van der Waals surface area (Å²) in [5.41, 5.74) is 6.30. The summed E-state index contributed by atoms with van der Waals surface area (Å²) in [6, 6.07) is 3.01. The molecule has 1 aliphatic rings. The van der Waals surface area contributed by atoms with E-state index >= 15 is 0 Å². The van der Waals surface area contributed by atoms with Crippen molar-refractivity contribution in [3.63, 3.8) is 0 Å². The third kappa shape index (κ3) is 2.47. The maximum absolute atomic E-state index is 12.3. The van der Waals surface area contributed by atoms with Crippen LogP contribution in [0.2, 0.25) is 0 Å². The molecule has 0 amide bonds. The van der Waals surface area contributed by atoms with Crippen LogP contribution in [0, 0.1) is 0 Å². The molecule has 0 saturated heterocycles. The van der Waals surface area contributed by atoms with Crippen molar-refractivity contribution in [1.82, 2.24) is 9.55 Å². The van der Waals surface area contributed by atoms with Gasteiger partial charge in [-0.05, 0) is 6.92 Å². The molecule has 0 unspecified atom stereocenters. The number of aryl methyl sites for hydroxylation is 1. The molecule has 112 valence electrons. The van der Waals surface area contributed by atoms with Crippen molar-refractivity contribution in [2.75, 3.05) is 17.2 Å². The molecule has 1 aliphatic heterocycles. The van der Waals surface area contributed by atoms with Gasteiger partial charge in [-0.15, -0.1) is 0 Å². The van der Waals surface area contributed by atoms with E-state index in [9.17, 15) is 8.42 Å². The van der Waals surface area contributed by atoms with Crippen molar-refractivity contribution in [1.29, 1.82) is 0 Å². The first-order valence-corrected chi connectivity index (χ1v) is 7.71. The highest BCUT2D eigenvalue weighted by atomic mass is 32.2. The van der Waals surface area contributed by atoms with Crippen molar-refractivity contribution < 1.29 is 17.9 Å². The molecule has 0 aliphatic carbocycles. The predicted molar refractivity (Wildman–Crippen MR) is 75.7 cm³/mol. The van der Waals surface area contributed by atoms with Gasteiger partial charge in [-0.25, -0.2) is 4.98 Å². The van der Waals surface area contributed by atoms with E-state index in [0.29, 0.717) is 18.0 Å². The third-order valence-corrected chi connectivity index (χ3v) is 4.29. The van der Waals surface area contributed by atoms with Crippen LogP contribution in [0.3, 0.4) is 0 Å². The van der Waals surface area contributed by atoms with Crippen LogP contribution in [0.25, 0.3) is 0 Å². The standard InChI is InChI=1S/C12H14N4O4S/c1-2-16-5-12(14-6-16)21(17,18)15-9-4-11-10(3-8(9)13)19-7-20-11/h3-6,15H,2,7,13H2,1H3. The van der Waals surface area contributed by atoms with Gasteiger partial charge in [0.2, 0.25) is 6.79 Å². The summed E-state index contributed by atoms with van der Waals surface area (Å²) in [5.74, 6) is 0.937. The summed E-state index contributed by atoms with van der Waals surface area (Å²) in [7, 11) is -3.80. The molecule has 21 heavy (non-hydrogen) atoms. The minimum absolute atomic E-state index is 0.0681. The van der Waals surface area contributed by atoms with E-state index in [1.165, 1.54) is 24.7 Å². The molecule has 1 aromatic carbocycles. The predicted octanol–water partition coefficient (Wildman–Crippen LogP) is 1.01. The van der Waals surface area contributed by atoms with Crippen LogP contribution >= 0.6 is 0 Å². The van der Waals surface area contributed by atoms with Crippen LogP contribution < -0.4 is 19.9 Å². The maximum atomic E-state index is 12.3. The lowest BCUT2D eigenvalue weighted by atomic mass is 10.2. The first-order valence-electron chi connectivity index (χ1n) is 6.23. The lowest BCUT2D eigenvalue weighted by molar-refractivity contribution is 0.174. The zero-order chi connectivity index (χ0) is 15.0. The molecule has 0 atom stereocenters. The normalized spacial score (nSPS) is 13.4. The van der Waals surface area contributed by atoms with Gasteiger partial charge in [0.25, 0.3) is 10.0 Å². The Balaban J connectivity index is 1.92. The number of sulfonamides is 1. The van der Waals surface area contributed by atoms with Crippen molar-refractivity contribution in [2.45, 2.75) is 18.5 Å². The van der Waals surface area contributed by atoms with Crippen molar-refractivity contribution >= 4 is 21.4 Å². The van der Waals surface area contributed by atoms with E-state index in [1.54, 1.807) is 4.57 Å². The Morgan fingerprint density at radius 3 is 2.76 bits per heavy atom. The highest BCUT2D eigenvalue weighted by molar-refractivity contribution is 7.92. The van der Waals surface area contributed by atoms with Gasteiger partial charge in [0.15, 0.2) is 16.5 Å². The second-order valence-electron chi connectivity index (χ2n) is 4.44. The number of ether oxygens (including phenoxy) is 2. The number of rotatable bonds is 4. The summed E-state index contributed by atoms with van der Waals surface area (Å²) in [4.78, 5) is 3.87. The van der Waals surface area contributed by atoms with Crippen molar-refractivity contribution in [2.24, 2.45) is 0 Å². The number of nitrogen functional groups attached to an aromatic ring is 1. The Bertz CT molecular complexity index is 785. The fraction of sp³-hybridized carbons (Fsp3) is 0.250. The highest BCUT2D eigenvalue weighted by Crippen LogP contribution is 2.38. The summed E-state index contributed by atoms with van der Waals surface area (Å²) in [6.07, 6.45) is 2.91. The fourth-order valence-electron chi connectivity index (χ4n) is 1.89. The molecule has 8 nitrogen and oxygen atoms in total. The molecule has 0 fully saturated rings. The highest BCUT2D eigenvalue weighted by Gasteiger charge is 2.22. The number of nitrogens with one attached hydrogen (secondary N) is 1. The zero-order valence-electron chi connectivity index (χ0n) is 11.2. The van der Waals surface area contributed by atoms with Gasteiger partial charge in [-0.2, -0.15) is 8.42 Å². The van der Waals surface area contributed by atoms with Gasteiger partial charge in [0.05, 0.1) is 17.7 Å². The molecule has 0 radical (unpaired) electrons. The minimum Gasteiger partial charge on any atom is -0.454 e. The van der Waals surface area contributed by atoms with Crippen molar-refractivity contribution in [3.05, 3.63) is 24.7 Å². The number of hydrogen-bond donors (Lipinski definition) is 2. The number of imidazole rings is 1. The van der Waals surface area contributed by atoms with E-state index in [4.69, 9.17) is 15.2 Å². The lowest BCUT2D eigenvalue weighted by Crippen LogP contribution is -2.14. The molecule has 9 heteroatoms. The number of aromatic nitrogens is 2. The number of anilines is 2. The molecule has 3 N–H and O–H groups in total. The number of fused-ring (bicyclic) bond motifs is 1. The number of hydrogen-bond acceptors (Lipinski definition) is 6. The Labute approximate surface area is 121 Å². The summed E-state index contributed by atoms with van der Waals surface area (Å²) in [5, 5.41) is -0.0681. The second-order valence-corrected chi connectivity index (χ2v) is 6.07. The minimum atomic E-state index is -3.80. The van der Waals surface area contributed by atoms with Gasteiger partial charge in [-0.1, -0.05) is 0 Å². The first-order chi connectivity index (χ1) is 9.99. The number of benzene rings is 1. The first kappa shape index (κ1) is 13.6. The van der Waals surface area contributed by atoms with Gasteiger partial charge in [0, 0.05) is 24.9 Å². The van der Waals surface area contributed by atoms with E-state index in [0.717, 1.165) is 0 Å². The van der Waals surface area contributed by atoms with E-state index in [-0.39, 0.29) is 23.2 Å². The Morgan fingerprint density at radius 2 is 2.10 bits per heavy atom. The zero-order valence-corrected chi connectivity index (χ0v) is 12.1. The second kappa shape index (κ2) is 4.85. The van der Waals surface area contributed by atoms with Crippen LogP contribution in [-0.2, 0) is 16.6 Å². The smallest absolute Gasteiger partial charge is 0.281 e. The summed E-state index contributed by atoms with van der Waals surface area (Å²) in [6.45, 7) is 2.61. The van der Waals surface area contributed by atoms with Gasteiger partial charge in [-0.3, -0.25) is 4.72 Å². The van der Waals surface area contributed by atoms with Gasteiger partial charge < -0.3 is 19.8 Å². The summed E-state index contributed by atoms with van der Waals surface area (Å²) < 4.78 is 39.0. The monoisotopic (exact) mass is 310 g/mol. The molecule has 2 aromatic rings. The SMILES string of the molecule is CCn1cnc(S(=O)(=O)Nc2cc3c(cc2N)OCO3)c1. The Morgan fingerprint density at radius 1 is 1.38 bits per heavy atom. The van der Waals surface area contributed by atoms with Crippen LogP contribution in [0.4, 0.5) is 11.4 Å². The van der Waals surface area contributed by atoms with Crippen LogP contribution in [0.1, 0.15) is 6.92 Å². The average molecular weight is 310 g/mol. The van der Waals surface area contributed by atoms with E-state index in [1.807, 2.05) is 6.92 Å². The molecule has 0 bridgehead atoms. The Kier molecular flexibility index (Phi) is 3.13. The largest absolute Gasteiger partial charge is 0.454 e. The molecular weight excluding hydrogens is 296 g/mol. The van der Waals surface area contributed by atoms with Crippen LogP contribution in [-0.4, -0.2) is 24.8 Å². The lowest BCUT2D eigenvalue weighted by Gasteiger charge is -2.09. The quantitative estimate of drug-likeness (QED) is 0.816. The van der Waals surface area contributed by atoms with Gasteiger partial charge >= 0.3 is 0 Å². The molecular formula is C12H14N4O4S. The van der Waals surface area contributed by atoms with Crippen LogP contribution in [0.15, 0.2) is 29.7 Å². The van der Waals surface area contributed by atoms with E-state index < -0.39 is 10.0 Å².